The minimum atomic E-state index is -3.49. The van der Waals surface area contributed by atoms with Gasteiger partial charge in [-0.25, -0.2) is 0 Å². The van der Waals surface area contributed by atoms with Crippen LogP contribution in [-0.2, 0) is 8.98 Å². The molecule has 0 saturated carbocycles. The summed E-state index contributed by atoms with van der Waals surface area (Å²) in [5.74, 6) is 3.80. The summed E-state index contributed by atoms with van der Waals surface area (Å²) in [4.78, 5) is 16.1. The first-order valence-electron chi connectivity index (χ1n) is 22.5. The lowest BCUT2D eigenvalue weighted by Crippen LogP contribution is -2.20. The zero-order valence-electron chi connectivity index (χ0n) is 38.3. The van der Waals surface area contributed by atoms with E-state index < -0.39 is 16.3 Å². The first-order valence-corrected chi connectivity index (χ1v) is 24.1. The summed E-state index contributed by atoms with van der Waals surface area (Å²) in [7, 11) is -3.49. The Bertz CT molecular complexity index is 1440. The molecule has 0 aromatic heterocycles. The molecular weight excluding hydrogens is 785 g/mol. The molecule has 0 aliphatic carbocycles. The maximum atomic E-state index is 14.6. The van der Waals surface area contributed by atoms with Gasteiger partial charge in [0.15, 0.2) is 0 Å². The highest BCUT2D eigenvalue weighted by molar-refractivity contribution is 8.30. The van der Waals surface area contributed by atoms with Crippen LogP contribution in [0.25, 0.3) is 0 Å². The van der Waals surface area contributed by atoms with Crippen molar-refractivity contribution in [3.05, 3.63) is 36.4 Å². The fourth-order valence-electron chi connectivity index (χ4n) is 5.96. The summed E-state index contributed by atoms with van der Waals surface area (Å²) < 4.78 is 66.9. The van der Waals surface area contributed by atoms with Gasteiger partial charge in [-0.05, 0) is 57.8 Å². The number of ether oxygens (including phenoxy) is 9. The van der Waals surface area contributed by atoms with Crippen LogP contribution in [0.15, 0.2) is 51.1 Å². The molecule has 0 aliphatic heterocycles. The molecular formula is C48H74O11S. The second-order valence-corrected chi connectivity index (χ2v) is 16.8. The van der Waals surface area contributed by atoms with E-state index in [9.17, 15) is 4.79 Å². The SMILES string of the molecule is CCCOc1cc(OCCC)c(S(OC(=O)CC)(c2c(OCCC)cc(OCCC)cc2OCCC)c2c(OCCC)cc(OCCC)cc2OCCC)c(OCCC)c1. The van der Waals surface area contributed by atoms with Crippen molar-refractivity contribution in [2.75, 3.05) is 59.5 Å². The lowest BCUT2D eigenvalue weighted by Gasteiger charge is -2.43. The molecule has 0 amide bonds. The van der Waals surface area contributed by atoms with Gasteiger partial charge >= 0.3 is 5.97 Å². The van der Waals surface area contributed by atoms with Gasteiger partial charge in [-0.2, -0.15) is 0 Å². The van der Waals surface area contributed by atoms with Crippen LogP contribution < -0.4 is 42.6 Å². The van der Waals surface area contributed by atoms with Crippen molar-refractivity contribution in [1.29, 1.82) is 0 Å². The van der Waals surface area contributed by atoms with Gasteiger partial charge < -0.3 is 46.8 Å². The predicted molar refractivity (Wildman–Crippen MR) is 240 cm³/mol. The molecule has 0 N–H and O–H groups in total. The van der Waals surface area contributed by atoms with E-state index in [1.165, 1.54) is 0 Å². The number of hydrogen-bond acceptors (Lipinski definition) is 11. The van der Waals surface area contributed by atoms with Crippen LogP contribution >= 0.6 is 10.3 Å². The van der Waals surface area contributed by atoms with Crippen molar-refractivity contribution in [2.24, 2.45) is 0 Å². The molecule has 0 saturated heterocycles. The fraction of sp³-hybridized carbons (Fsp3) is 0.604. The van der Waals surface area contributed by atoms with E-state index in [1.54, 1.807) is 6.92 Å². The number of rotatable bonds is 32. The van der Waals surface area contributed by atoms with Crippen molar-refractivity contribution in [3.8, 4) is 51.7 Å². The molecule has 0 aliphatic rings. The second kappa shape index (κ2) is 27.5. The lowest BCUT2D eigenvalue weighted by molar-refractivity contribution is -0.133. The molecule has 12 heteroatoms. The predicted octanol–water partition coefficient (Wildman–Crippen LogP) is 12.9. The Hall–Kier alpha value is -4.32. The molecule has 0 unspecified atom stereocenters. The molecule has 0 spiro atoms. The van der Waals surface area contributed by atoms with Crippen molar-refractivity contribution < 1.29 is 51.6 Å². The molecule has 0 fully saturated rings. The Kier molecular flexibility index (Phi) is 22.9. The number of carbonyl (C=O) groups is 1. The summed E-state index contributed by atoms with van der Waals surface area (Å²) in [6.45, 7) is 23.9. The van der Waals surface area contributed by atoms with E-state index in [-0.39, 0.29) is 6.42 Å². The quantitative estimate of drug-likeness (QED) is 0.0598. The Morgan fingerprint density at radius 3 is 0.733 bits per heavy atom. The second-order valence-electron chi connectivity index (χ2n) is 14.2. The first-order chi connectivity index (χ1) is 29.3. The van der Waals surface area contributed by atoms with Gasteiger partial charge in [-0.3, -0.25) is 4.79 Å². The van der Waals surface area contributed by atoms with E-state index in [1.807, 2.05) is 77.9 Å². The summed E-state index contributed by atoms with van der Waals surface area (Å²) >= 11 is 0. The van der Waals surface area contributed by atoms with Gasteiger partial charge in [0.05, 0.1) is 59.5 Å². The van der Waals surface area contributed by atoms with Gasteiger partial charge in [-0.1, -0.05) is 69.2 Å². The Balaban J connectivity index is 2.94. The normalized spacial score (nSPS) is 11.4. The van der Waals surface area contributed by atoms with Crippen LogP contribution in [-0.4, -0.2) is 65.4 Å². The molecule has 3 aromatic rings. The highest BCUT2D eigenvalue weighted by Gasteiger charge is 2.50. The van der Waals surface area contributed by atoms with Crippen molar-refractivity contribution >= 4 is 16.3 Å². The molecule has 11 nitrogen and oxygen atoms in total. The average Bonchev–Trinajstić information content (AvgIpc) is 3.26. The van der Waals surface area contributed by atoms with Gasteiger partial charge in [0, 0.05) is 53.1 Å². The van der Waals surface area contributed by atoms with E-state index in [2.05, 4.69) is 20.8 Å². The van der Waals surface area contributed by atoms with E-state index in [0.717, 1.165) is 19.3 Å². The highest BCUT2D eigenvalue weighted by atomic mass is 32.3. The summed E-state index contributed by atoms with van der Waals surface area (Å²) in [5, 5.41) is 0. The summed E-state index contributed by atoms with van der Waals surface area (Å²) in [6.07, 6.45) is 6.71. The highest BCUT2D eigenvalue weighted by Crippen LogP contribution is 2.80. The molecule has 0 bridgehead atoms. The third-order valence-electron chi connectivity index (χ3n) is 8.54. The monoisotopic (exact) mass is 858 g/mol. The number of hydrogen-bond donors (Lipinski definition) is 0. The van der Waals surface area contributed by atoms with Crippen LogP contribution in [0.5, 0.6) is 51.7 Å². The fourth-order valence-corrected chi connectivity index (χ4v) is 9.63. The average molecular weight is 859 g/mol. The Morgan fingerprint density at radius 2 is 0.550 bits per heavy atom. The van der Waals surface area contributed by atoms with Crippen LogP contribution in [0, 0.1) is 0 Å². The maximum Gasteiger partial charge on any atom is 0.316 e. The molecule has 60 heavy (non-hydrogen) atoms. The van der Waals surface area contributed by atoms with Gasteiger partial charge in [0.25, 0.3) is 0 Å². The largest absolute Gasteiger partial charge is 0.493 e. The smallest absolute Gasteiger partial charge is 0.316 e. The van der Waals surface area contributed by atoms with Crippen molar-refractivity contribution in [3.63, 3.8) is 0 Å². The van der Waals surface area contributed by atoms with E-state index >= 15 is 0 Å². The molecule has 0 radical (unpaired) electrons. The lowest BCUT2D eigenvalue weighted by atomic mass is 10.2. The van der Waals surface area contributed by atoms with Gasteiger partial charge in [0.1, 0.15) is 66.4 Å². The molecule has 0 heterocycles. The van der Waals surface area contributed by atoms with Crippen LogP contribution in [0.3, 0.4) is 0 Å². The third kappa shape index (κ3) is 13.6. The Morgan fingerprint density at radius 1 is 0.350 bits per heavy atom. The van der Waals surface area contributed by atoms with Crippen LogP contribution in [0.2, 0.25) is 0 Å². The minimum Gasteiger partial charge on any atom is -0.493 e. The standard InChI is InChI=1S/C48H74O11S/c1-11-21-50-36-30-39(53-24-14-4)46(40(31-36)54-25-15-5)60(59-45(49)20-10,47-41(55-26-16-6)32-37(51-22-12-2)33-42(47)56-27-17-7)48-43(57-28-18-8)34-38(52-23-13-3)35-44(48)58-29-19-9/h30-35H,11-29H2,1-10H3. The molecule has 3 aromatic carbocycles. The molecule has 3 rings (SSSR count). The topological polar surface area (TPSA) is 109 Å². The van der Waals surface area contributed by atoms with Gasteiger partial charge in [-0.15, -0.1) is 0 Å². The number of benzene rings is 3. The first kappa shape index (κ1) is 50.0. The third-order valence-corrected chi connectivity index (χ3v) is 11.9. The van der Waals surface area contributed by atoms with Crippen molar-refractivity contribution in [1.82, 2.24) is 0 Å². The van der Waals surface area contributed by atoms with Crippen LogP contribution in [0.1, 0.15) is 133 Å². The zero-order valence-corrected chi connectivity index (χ0v) is 39.1. The summed E-state index contributed by atoms with van der Waals surface area (Å²) in [5.41, 5.74) is 0. The zero-order chi connectivity index (χ0) is 43.8. The van der Waals surface area contributed by atoms with Crippen molar-refractivity contribution in [2.45, 2.75) is 148 Å². The molecule has 0 atom stereocenters. The van der Waals surface area contributed by atoms with Crippen LogP contribution in [0.4, 0.5) is 0 Å². The maximum absolute atomic E-state index is 14.6. The van der Waals surface area contributed by atoms with E-state index in [4.69, 9.17) is 46.8 Å². The minimum absolute atomic E-state index is 0.0603. The number of carbonyl (C=O) groups excluding carboxylic acids is 1. The Labute approximate surface area is 362 Å². The van der Waals surface area contributed by atoms with E-state index in [0.29, 0.717) is 164 Å². The molecule has 338 valence electrons. The summed E-state index contributed by atoms with van der Waals surface area (Å²) in [6, 6.07) is 11.2. The van der Waals surface area contributed by atoms with Gasteiger partial charge in [0.2, 0.25) is 0 Å².